The second-order valence-corrected chi connectivity index (χ2v) is 21.8. The smallest absolute Gasteiger partial charge is 0.255 e. The van der Waals surface area contributed by atoms with E-state index in [0.717, 1.165) is 0 Å². The minimum absolute atomic E-state index is 0.00624. The molecule has 0 radical (unpaired) electrons. The number of nitrogens with one attached hydrogen (secondary N) is 14. The van der Waals surface area contributed by atoms with E-state index >= 15 is 0 Å². The third-order valence-electron chi connectivity index (χ3n) is 14.3. The van der Waals surface area contributed by atoms with Crippen molar-refractivity contribution >= 4 is 59.3 Å². The lowest BCUT2D eigenvalue weighted by Crippen LogP contribution is -2.44. The summed E-state index contributed by atoms with van der Waals surface area (Å²) in [5.41, 5.74) is 22.2. The van der Waals surface area contributed by atoms with Crippen molar-refractivity contribution in [2.45, 2.75) is 75.5 Å². The van der Waals surface area contributed by atoms with Gasteiger partial charge in [0.2, 0.25) is 0 Å². The number of rotatable bonds is 34. The monoisotopic (exact) mass is 1260 g/mol. The normalized spacial score (nSPS) is 16.0. The predicted octanol–water partition coefficient (Wildman–Crippen LogP) is -1.32. The number of carbonyl (C=O) groups excluding carboxylic acids is 6. The molecule has 2 saturated carbocycles. The quantitative estimate of drug-likeness (QED) is 0.0187. The molecule has 32 heteroatoms. The van der Waals surface area contributed by atoms with Gasteiger partial charge in [-0.3, -0.25) is 50.4 Å². The van der Waals surface area contributed by atoms with Gasteiger partial charge in [-0.25, -0.2) is 0 Å². The van der Waals surface area contributed by atoms with E-state index in [1.807, 2.05) is 38.0 Å². The van der Waals surface area contributed by atoms with Crippen molar-refractivity contribution in [3.8, 4) is 34.5 Å². The molecule has 0 atom stereocenters. The summed E-state index contributed by atoms with van der Waals surface area (Å²) in [4.78, 5) is 87.7. The highest BCUT2D eigenvalue weighted by molar-refractivity contribution is 6.05. The first-order chi connectivity index (χ1) is 43.0. The molecule has 0 heterocycles. The molecule has 6 amide bonds. The minimum atomic E-state index is -0.522. The van der Waals surface area contributed by atoms with E-state index in [4.69, 9.17) is 73.0 Å². The van der Waals surface area contributed by atoms with Crippen molar-refractivity contribution < 1.29 is 57.2 Å². The van der Waals surface area contributed by atoms with Crippen LogP contribution in [0.4, 0.5) is 0 Å². The first-order valence-electron chi connectivity index (χ1n) is 29.5. The Balaban J connectivity index is 1.24. The molecule has 2 aliphatic carbocycles. The van der Waals surface area contributed by atoms with Crippen molar-refractivity contribution in [2.24, 2.45) is 22.9 Å². The number of hydrogen-bond donors (Lipinski definition) is 18. The molecular weight excluding hydrogens is 1170 g/mol. The van der Waals surface area contributed by atoms with Gasteiger partial charge in [-0.15, -0.1) is 0 Å². The van der Waals surface area contributed by atoms with E-state index in [0.29, 0.717) is 77.5 Å². The molecule has 3 aromatic carbocycles. The fourth-order valence-electron chi connectivity index (χ4n) is 9.74. The van der Waals surface area contributed by atoms with Crippen molar-refractivity contribution in [1.29, 1.82) is 21.6 Å². The Morgan fingerprint density at radius 3 is 0.811 bits per heavy atom. The Kier molecular flexibility index (Phi) is 28.4. The average Bonchev–Trinajstić information content (AvgIpc) is 1.03. The number of likely N-dealkylation sites (N-methyl/N-ethyl adjacent to an activating group) is 2. The summed E-state index contributed by atoms with van der Waals surface area (Å²) >= 11 is 0. The molecule has 0 aliphatic heterocycles. The zero-order valence-electron chi connectivity index (χ0n) is 52.0. The Morgan fingerprint density at radius 2 is 0.589 bits per heavy atom. The summed E-state index contributed by atoms with van der Waals surface area (Å²) in [6.07, 6.45) is 3.76. The number of benzene rings is 3. The van der Waals surface area contributed by atoms with Gasteiger partial charge in [0.05, 0.1) is 73.8 Å². The number of nitrogens with zero attached hydrogens (tertiary/aromatic N) is 2. The van der Waals surface area contributed by atoms with E-state index < -0.39 is 35.4 Å². The van der Waals surface area contributed by atoms with Gasteiger partial charge >= 0.3 is 0 Å². The van der Waals surface area contributed by atoms with Gasteiger partial charge < -0.3 is 114 Å². The molecule has 90 heavy (non-hydrogen) atoms. The molecule has 0 bridgehead atoms. The standard InChI is InChI=1S/C58H90N20O12/c1-77(2)21-15-67-49(79)39-28-41(47(89-25-19-71-57(63)64)31-45(39)87-23-17-69-55(59)60)53(83)75-35-11-7-33(8-12-35)73-51(81)37-27-38(44(86-6)30-43(37)85-5)52(82)74-34-9-13-36(14-10-34)76-54(84)42-29-40(50(80)68-16-22-78(3)4)46(88-24-18-70-56(61)62)32-48(42)90-26-20-72-58(65)66/h27-36H,7-26H2,1-6H3,(H,67,79)(H,68,80)(H,73,81)(H,74,82)(H,75,83)(H,76,84)(H4,59,60,69)(H4,61,62,70)(H4,63,64,71)(H4,65,66,72)/t33-,34-,35-,36-. The van der Waals surface area contributed by atoms with Gasteiger partial charge in [0, 0.05) is 68.5 Å². The van der Waals surface area contributed by atoms with Gasteiger partial charge in [-0.05, 0) is 97.8 Å². The summed E-state index contributed by atoms with van der Waals surface area (Å²) < 4.78 is 35.2. The fourth-order valence-corrected chi connectivity index (χ4v) is 9.74. The van der Waals surface area contributed by atoms with Crippen molar-refractivity contribution in [1.82, 2.24) is 63.0 Å². The lowest BCUT2D eigenvalue weighted by molar-refractivity contribution is 0.0882. The predicted molar refractivity (Wildman–Crippen MR) is 338 cm³/mol. The van der Waals surface area contributed by atoms with Crippen LogP contribution >= 0.6 is 0 Å². The van der Waals surface area contributed by atoms with Crippen molar-refractivity contribution in [3.05, 3.63) is 69.8 Å². The second-order valence-electron chi connectivity index (χ2n) is 21.8. The Hall–Kier alpha value is -9.72. The molecule has 32 nitrogen and oxygen atoms in total. The highest BCUT2D eigenvalue weighted by Crippen LogP contribution is 2.34. The van der Waals surface area contributed by atoms with Gasteiger partial charge in [-0.2, -0.15) is 0 Å². The van der Waals surface area contributed by atoms with Gasteiger partial charge in [-0.1, -0.05) is 0 Å². The lowest BCUT2D eigenvalue weighted by Gasteiger charge is -2.30. The molecule has 2 aliphatic rings. The zero-order valence-corrected chi connectivity index (χ0v) is 52.0. The highest BCUT2D eigenvalue weighted by atomic mass is 16.5. The number of methoxy groups -OCH3 is 2. The van der Waals surface area contributed by atoms with Crippen LogP contribution in [0.2, 0.25) is 0 Å². The molecule has 0 spiro atoms. The molecule has 3 aromatic rings. The van der Waals surface area contributed by atoms with Crippen molar-refractivity contribution in [2.75, 3.05) is 121 Å². The molecule has 0 saturated heterocycles. The molecule has 0 unspecified atom stereocenters. The third-order valence-corrected chi connectivity index (χ3v) is 14.3. The van der Waals surface area contributed by atoms with E-state index in [9.17, 15) is 28.8 Å². The van der Waals surface area contributed by atoms with Crippen molar-refractivity contribution in [3.63, 3.8) is 0 Å². The highest BCUT2D eigenvalue weighted by Gasteiger charge is 2.32. The third kappa shape index (κ3) is 23.1. The van der Waals surface area contributed by atoms with E-state index in [-0.39, 0.29) is 168 Å². The van der Waals surface area contributed by atoms with Crippen LogP contribution in [-0.2, 0) is 0 Å². The molecular formula is C58H90N20O12. The van der Waals surface area contributed by atoms with Crippen LogP contribution in [0.15, 0.2) is 36.4 Å². The van der Waals surface area contributed by atoms with Crippen LogP contribution in [0.25, 0.3) is 0 Å². The number of ether oxygens (including phenoxy) is 6. The fraction of sp³-hybridized carbons (Fsp3) is 0.517. The Labute approximate surface area is 523 Å². The molecule has 5 rings (SSSR count). The zero-order chi connectivity index (χ0) is 65.9. The van der Waals surface area contributed by atoms with E-state index in [1.165, 1.54) is 50.6 Å². The summed E-state index contributed by atoms with van der Waals surface area (Å²) in [5, 5.41) is 58.6. The van der Waals surface area contributed by atoms with Crippen LogP contribution in [-0.4, -0.2) is 214 Å². The van der Waals surface area contributed by atoms with Crippen LogP contribution in [0.1, 0.15) is 114 Å². The topological polar surface area (TPSA) is 484 Å². The van der Waals surface area contributed by atoms with Crippen LogP contribution in [0.5, 0.6) is 34.5 Å². The van der Waals surface area contributed by atoms with Crippen LogP contribution in [0.3, 0.4) is 0 Å². The average molecular weight is 1260 g/mol. The molecule has 2 fully saturated rings. The van der Waals surface area contributed by atoms with Crippen LogP contribution in [0, 0.1) is 21.6 Å². The van der Waals surface area contributed by atoms with Gasteiger partial charge in [0.25, 0.3) is 35.4 Å². The number of nitrogens with two attached hydrogens (primary N) is 4. The number of carbonyl (C=O) groups is 6. The van der Waals surface area contributed by atoms with Crippen LogP contribution < -0.4 is 105 Å². The number of hydrogen-bond acceptors (Lipinski definition) is 18. The second kappa shape index (κ2) is 35.9. The first kappa shape index (κ1) is 71.0. The maximum atomic E-state index is 14.2. The Bertz CT molecular complexity index is 2810. The maximum absolute atomic E-state index is 14.2. The van der Waals surface area contributed by atoms with E-state index in [2.05, 4.69) is 53.2 Å². The maximum Gasteiger partial charge on any atom is 0.255 e. The molecule has 0 aromatic heterocycles. The molecule has 494 valence electrons. The minimum Gasteiger partial charge on any atom is -0.496 e. The van der Waals surface area contributed by atoms with Gasteiger partial charge in [0.15, 0.2) is 23.8 Å². The van der Waals surface area contributed by atoms with E-state index in [1.54, 1.807) is 0 Å². The SMILES string of the molecule is COc1cc(OC)c(C(=O)N[C@H]2CC[C@H](NC(=O)c3cc(C(=O)NCCN(C)C)c(OCCNC(=N)N)cc3OCCNC(=N)N)CC2)cc1C(=O)N[C@H]1CC[C@H](NC(=O)c2cc(C(=O)NCCN(C)C)c(OCCNC(=N)N)cc2OCCNC(=N)N)CC1. The Morgan fingerprint density at radius 1 is 0.367 bits per heavy atom. The van der Waals surface area contributed by atoms with Gasteiger partial charge in [0.1, 0.15) is 60.9 Å². The number of guanidine groups is 4. The lowest BCUT2D eigenvalue weighted by atomic mass is 9.90. The summed E-state index contributed by atoms with van der Waals surface area (Å²) in [6.45, 7) is 2.29. The first-order valence-corrected chi connectivity index (χ1v) is 29.5. The summed E-state index contributed by atoms with van der Waals surface area (Å²) in [6, 6.07) is 7.30. The summed E-state index contributed by atoms with van der Waals surface area (Å²) in [7, 11) is 10.3. The largest absolute Gasteiger partial charge is 0.496 e. The molecule has 22 N–H and O–H groups in total. The summed E-state index contributed by atoms with van der Waals surface area (Å²) in [5.74, 6) is -3.29. The number of amides is 6.